The van der Waals surface area contributed by atoms with Crippen molar-refractivity contribution in [1.29, 1.82) is 0 Å². The molecule has 4 heteroatoms. The maximum absolute atomic E-state index is 12.6. The van der Waals surface area contributed by atoms with Crippen molar-refractivity contribution in [2.45, 2.75) is 45.4 Å². The van der Waals surface area contributed by atoms with Crippen molar-refractivity contribution in [2.24, 2.45) is 5.92 Å². The van der Waals surface area contributed by atoms with E-state index >= 15 is 0 Å². The number of hydrogen-bond donors (Lipinski definition) is 1. The Hall–Kier alpha value is -1.02. The summed E-state index contributed by atoms with van der Waals surface area (Å²) < 4.78 is 15.8. The lowest BCUT2D eigenvalue weighted by molar-refractivity contribution is 0.492. The highest BCUT2D eigenvalue weighted by Gasteiger charge is 2.27. The summed E-state index contributed by atoms with van der Waals surface area (Å²) in [6.45, 7) is 10.5. The fourth-order valence-corrected chi connectivity index (χ4v) is 6.27. The second kappa shape index (κ2) is 9.07. The predicted molar refractivity (Wildman–Crippen MR) is 114 cm³/mol. The highest BCUT2D eigenvalue weighted by Crippen LogP contribution is 2.35. The molecule has 0 spiro atoms. The maximum atomic E-state index is 12.6. The summed E-state index contributed by atoms with van der Waals surface area (Å²) in [6.07, 6.45) is 0.989. The van der Waals surface area contributed by atoms with Gasteiger partial charge in [0, 0.05) is 6.04 Å². The van der Waals surface area contributed by atoms with Crippen LogP contribution in [-0.2, 0) is 11.0 Å². The van der Waals surface area contributed by atoms with Crippen LogP contribution in [0.15, 0.2) is 60.7 Å². The summed E-state index contributed by atoms with van der Waals surface area (Å²) in [6, 6.07) is 21.7. The Morgan fingerprint density at radius 3 is 1.72 bits per heavy atom. The van der Waals surface area contributed by atoms with Crippen LogP contribution in [0.3, 0.4) is 0 Å². The van der Waals surface area contributed by atoms with Crippen LogP contribution in [0.5, 0.6) is 0 Å². The minimum atomic E-state index is -1.06. The van der Waals surface area contributed by atoms with Crippen LogP contribution in [0.25, 0.3) is 0 Å². The molecule has 2 nitrogen and oxygen atoms in total. The molecule has 0 fully saturated rings. The lowest BCUT2D eigenvalue weighted by atomic mass is 10.1. The Labute approximate surface area is 156 Å². The summed E-state index contributed by atoms with van der Waals surface area (Å²) in [5.74, 6) is 0.420. The van der Waals surface area contributed by atoms with E-state index in [0.29, 0.717) is 5.92 Å². The number of nitrogens with one attached hydrogen (secondary N) is 1. The average molecular weight is 376 g/mol. The first-order chi connectivity index (χ1) is 11.8. The third kappa shape index (κ3) is 6.02. The van der Waals surface area contributed by atoms with Crippen LogP contribution in [0, 0.1) is 5.92 Å². The smallest absolute Gasteiger partial charge is 0.0972 e. The van der Waals surface area contributed by atoms with E-state index in [4.69, 9.17) is 0 Å². The van der Waals surface area contributed by atoms with Crippen molar-refractivity contribution < 1.29 is 4.21 Å². The van der Waals surface area contributed by atoms with Gasteiger partial charge in [-0.3, -0.25) is 0 Å². The monoisotopic (exact) mass is 375 g/mol. The molecule has 0 saturated carbocycles. The van der Waals surface area contributed by atoms with E-state index < -0.39 is 18.9 Å². The Morgan fingerprint density at radius 1 is 0.920 bits per heavy atom. The van der Waals surface area contributed by atoms with Crippen molar-refractivity contribution in [2.75, 3.05) is 6.16 Å². The Morgan fingerprint density at radius 2 is 1.36 bits per heavy atom. The van der Waals surface area contributed by atoms with Gasteiger partial charge in [0.1, 0.15) is 0 Å². The van der Waals surface area contributed by atoms with Gasteiger partial charge >= 0.3 is 0 Å². The van der Waals surface area contributed by atoms with E-state index in [0.717, 1.165) is 6.16 Å². The number of benzene rings is 2. The van der Waals surface area contributed by atoms with Crippen LogP contribution < -0.4 is 15.3 Å². The summed E-state index contributed by atoms with van der Waals surface area (Å²) in [5.41, 5.74) is 0. The predicted octanol–water partition coefficient (Wildman–Crippen LogP) is 4.20. The zero-order valence-electron chi connectivity index (χ0n) is 15.9. The first kappa shape index (κ1) is 20.3. The Kier molecular flexibility index (Phi) is 7.37. The van der Waals surface area contributed by atoms with Gasteiger partial charge in [-0.1, -0.05) is 74.5 Å². The summed E-state index contributed by atoms with van der Waals surface area (Å²) in [5, 5.41) is 2.75. The number of rotatable bonds is 7. The van der Waals surface area contributed by atoms with Gasteiger partial charge in [0.25, 0.3) is 0 Å². The molecule has 0 aliphatic heterocycles. The summed E-state index contributed by atoms with van der Waals surface area (Å²) in [7, 11) is -1.54. The van der Waals surface area contributed by atoms with Gasteiger partial charge in [-0.05, 0) is 51.4 Å². The molecular formula is C21H30NOPS. The second-order valence-electron chi connectivity index (χ2n) is 7.63. The van der Waals surface area contributed by atoms with Gasteiger partial charge in [0.05, 0.1) is 15.7 Å². The van der Waals surface area contributed by atoms with Gasteiger partial charge in [0.2, 0.25) is 0 Å². The molecule has 0 saturated heterocycles. The Bertz CT molecular complexity index is 628. The highest BCUT2D eigenvalue weighted by atomic mass is 32.2. The van der Waals surface area contributed by atoms with Crippen molar-refractivity contribution in [3.05, 3.63) is 60.7 Å². The van der Waals surface area contributed by atoms with Gasteiger partial charge in [-0.15, -0.1) is 0 Å². The molecule has 25 heavy (non-hydrogen) atoms. The fraction of sp³-hybridized carbons (Fsp3) is 0.429. The van der Waals surface area contributed by atoms with E-state index in [9.17, 15) is 4.21 Å². The largest absolute Gasteiger partial charge is 0.242 e. The van der Waals surface area contributed by atoms with Crippen molar-refractivity contribution in [3.63, 3.8) is 0 Å². The maximum Gasteiger partial charge on any atom is 0.0972 e. The highest BCUT2D eigenvalue weighted by molar-refractivity contribution is 7.84. The topological polar surface area (TPSA) is 29.1 Å². The molecule has 136 valence electrons. The van der Waals surface area contributed by atoms with Crippen LogP contribution in [0.1, 0.15) is 34.6 Å². The molecule has 2 atom stereocenters. The molecule has 0 aliphatic carbocycles. The van der Waals surface area contributed by atoms with E-state index in [1.807, 2.05) is 20.8 Å². The molecule has 1 N–H and O–H groups in total. The minimum absolute atomic E-state index is 0.214. The molecule has 0 aromatic heterocycles. The van der Waals surface area contributed by atoms with Crippen LogP contribution in [0.4, 0.5) is 0 Å². The van der Waals surface area contributed by atoms with Crippen LogP contribution in [-0.4, -0.2) is 21.2 Å². The SMILES string of the molecule is CC(C)C(CP(c1ccccc1)c1ccccc1)NS(=O)C(C)(C)C. The lowest BCUT2D eigenvalue weighted by Gasteiger charge is -2.30. The van der Waals surface area contributed by atoms with Crippen molar-refractivity contribution in [3.8, 4) is 0 Å². The van der Waals surface area contributed by atoms with Crippen LogP contribution >= 0.6 is 7.92 Å². The standard InChI is InChI=1S/C21H30NOPS/c1-17(2)20(22-25(23)21(3,4)5)16-24(18-12-8-6-9-13-18)19-14-10-7-11-15-19/h6-15,17,20,22H,16H2,1-5H3. The molecule has 0 bridgehead atoms. The summed E-state index contributed by atoms with van der Waals surface area (Å²) >= 11 is 0. The minimum Gasteiger partial charge on any atom is -0.242 e. The van der Waals surface area contributed by atoms with E-state index in [2.05, 4.69) is 79.2 Å². The van der Waals surface area contributed by atoms with E-state index in [1.54, 1.807) is 0 Å². The second-order valence-corrected chi connectivity index (χ2v) is 11.9. The van der Waals surface area contributed by atoms with Gasteiger partial charge in [-0.2, -0.15) is 0 Å². The third-order valence-electron chi connectivity index (χ3n) is 4.13. The zero-order valence-corrected chi connectivity index (χ0v) is 17.6. The quantitative estimate of drug-likeness (QED) is 0.722. The molecule has 0 amide bonds. The number of hydrogen-bond acceptors (Lipinski definition) is 1. The van der Waals surface area contributed by atoms with Crippen molar-refractivity contribution in [1.82, 2.24) is 4.72 Å². The van der Waals surface area contributed by atoms with Crippen LogP contribution in [0.2, 0.25) is 0 Å². The molecule has 2 aromatic rings. The molecule has 2 unspecified atom stereocenters. The fourth-order valence-electron chi connectivity index (χ4n) is 2.47. The molecule has 2 rings (SSSR count). The van der Waals surface area contributed by atoms with E-state index in [-0.39, 0.29) is 10.8 Å². The molecule has 2 aromatic carbocycles. The normalized spacial score (nSPS) is 14.7. The lowest BCUT2D eigenvalue weighted by Crippen LogP contribution is -2.44. The zero-order chi connectivity index (χ0) is 18.4. The molecular weight excluding hydrogens is 345 g/mol. The van der Waals surface area contributed by atoms with Gasteiger partial charge in [0.15, 0.2) is 0 Å². The Balaban J connectivity index is 2.29. The van der Waals surface area contributed by atoms with Gasteiger partial charge in [-0.25, -0.2) is 8.93 Å². The summed E-state index contributed by atoms with van der Waals surface area (Å²) in [4.78, 5) is 0. The van der Waals surface area contributed by atoms with Crippen molar-refractivity contribution >= 4 is 29.5 Å². The molecule has 0 aliphatic rings. The van der Waals surface area contributed by atoms with Gasteiger partial charge < -0.3 is 0 Å². The first-order valence-electron chi connectivity index (χ1n) is 8.84. The third-order valence-corrected chi connectivity index (χ3v) is 8.37. The van der Waals surface area contributed by atoms with E-state index in [1.165, 1.54) is 10.6 Å². The first-order valence-corrected chi connectivity index (χ1v) is 11.5. The molecule has 0 heterocycles. The average Bonchev–Trinajstić information content (AvgIpc) is 2.58. The molecule has 0 radical (unpaired) electrons.